The average molecular weight is 515 g/mol. The van der Waals surface area contributed by atoms with Gasteiger partial charge in [0.1, 0.15) is 22.6 Å². The number of nitrogens with one attached hydrogen (secondary N) is 1. The van der Waals surface area contributed by atoms with Crippen LogP contribution in [0.2, 0.25) is 0 Å². The van der Waals surface area contributed by atoms with E-state index in [1.807, 2.05) is 56.5 Å². The SMILES string of the molecule is Cc1ccc(-c2cc3c(cc2Sc2nc4c(N)ncnc4n2CCN[S+]([O-])C(C)(C)C)OCO3)o1. The molecule has 1 aromatic carbocycles. The highest BCUT2D eigenvalue weighted by molar-refractivity contribution is 7.99. The van der Waals surface area contributed by atoms with Crippen LogP contribution in [-0.4, -0.2) is 42.2 Å². The van der Waals surface area contributed by atoms with E-state index in [-0.39, 0.29) is 11.5 Å². The van der Waals surface area contributed by atoms with E-state index in [0.29, 0.717) is 52.5 Å². The number of ether oxygens (including phenoxy) is 2. The summed E-state index contributed by atoms with van der Waals surface area (Å²) in [5, 5.41) is 0.666. The molecule has 0 aliphatic carbocycles. The summed E-state index contributed by atoms with van der Waals surface area (Å²) >= 11 is 0.240. The molecule has 4 heterocycles. The predicted molar refractivity (Wildman–Crippen MR) is 135 cm³/mol. The van der Waals surface area contributed by atoms with Gasteiger partial charge < -0.3 is 28.7 Å². The zero-order valence-electron chi connectivity index (χ0n) is 19.8. The molecule has 1 atom stereocenters. The van der Waals surface area contributed by atoms with Crippen LogP contribution in [0.3, 0.4) is 0 Å². The van der Waals surface area contributed by atoms with Gasteiger partial charge in [-0.15, -0.1) is 4.72 Å². The Labute approximate surface area is 209 Å². The van der Waals surface area contributed by atoms with Crippen LogP contribution < -0.4 is 19.9 Å². The van der Waals surface area contributed by atoms with E-state index in [9.17, 15) is 4.55 Å². The minimum atomic E-state index is -1.20. The quantitative estimate of drug-likeness (QED) is 0.349. The second-order valence-electron chi connectivity index (χ2n) is 8.97. The minimum Gasteiger partial charge on any atom is -0.598 e. The molecule has 1 aliphatic rings. The molecule has 184 valence electrons. The monoisotopic (exact) mass is 514 g/mol. The molecule has 5 rings (SSSR count). The summed E-state index contributed by atoms with van der Waals surface area (Å²) in [6.45, 7) is 8.79. The first-order valence-electron chi connectivity index (χ1n) is 11.0. The van der Waals surface area contributed by atoms with Crippen molar-refractivity contribution >= 4 is 40.1 Å². The molecule has 1 aliphatic heterocycles. The van der Waals surface area contributed by atoms with Crippen molar-refractivity contribution in [3.8, 4) is 22.8 Å². The topological polar surface area (TPSA) is 136 Å². The molecular formula is C23H26N6O4S2. The summed E-state index contributed by atoms with van der Waals surface area (Å²) in [7, 11) is 0. The Morgan fingerprint density at radius 1 is 1.20 bits per heavy atom. The van der Waals surface area contributed by atoms with Crippen molar-refractivity contribution in [1.82, 2.24) is 24.2 Å². The maximum atomic E-state index is 12.5. The summed E-state index contributed by atoms with van der Waals surface area (Å²) in [4.78, 5) is 14.1. The van der Waals surface area contributed by atoms with Gasteiger partial charge >= 0.3 is 0 Å². The number of benzene rings is 1. The molecule has 0 saturated heterocycles. The highest BCUT2D eigenvalue weighted by Gasteiger charge is 2.27. The lowest BCUT2D eigenvalue weighted by Crippen LogP contribution is -2.40. The summed E-state index contributed by atoms with van der Waals surface area (Å²) in [6.07, 6.45) is 1.42. The van der Waals surface area contributed by atoms with Gasteiger partial charge in [-0.1, -0.05) is 11.8 Å². The summed E-state index contributed by atoms with van der Waals surface area (Å²) in [5.41, 5.74) is 8.10. The van der Waals surface area contributed by atoms with Gasteiger partial charge in [0, 0.05) is 28.4 Å². The second kappa shape index (κ2) is 9.26. The van der Waals surface area contributed by atoms with Crippen molar-refractivity contribution in [1.29, 1.82) is 0 Å². The summed E-state index contributed by atoms with van der Waals surface area (Å²) in [5.74, 6) is 3.14. The highest BCUT2D eigenvalue weighted by atomic mass is 32.2. The number of rotatable bonds is 7. The standard InChI is InChI=1S/C23H26N6O4S2/c1-13-5-6-15(33-13)14-9-16-17(32-12-31-16)10-18(14)34-22-28-19-20(24)25-11-26-21(19)29(22)8-7-27-35(30)23(2,3)4/h5-6,9-11,27H,7-8,12H2,1-4H3,(H2,24,25,26). The molecular weight excluding hydrogens is 488 g/mol. The first-order chi connectivity index (χ1) is 16.7. The fraction of sp³-hybridized carbons (Fsp3) is 0.348. The molecule has 0 amide bonds. The van der Waals surface area contributed by atoms with E-state index in [1.165, 1.54) is 18.1 Å². The Morgan fingerprint density at radius 2 is 1.97 bits per heavy atom. The first kappa shape index (κ1) is 23.8. The molecule has 4 aromatic rings. The Hall–Kier alpha value is -2.93. The van der Waals surface area contributed by atoms with Gasteiger partial charge in [0.25, 0.3) is 0 Å². The molecule has 0 radical (unpaired) electrons. The lowest BCUT2D eigenvalue weighted by Gasteiger charge is -2.23. The minimum absolute atomic E-state index is 0.168. The van der Waals surface area contributed by atoms with Crippen molar-refractivity contribution in [2.75, 3.05) is 19.1 Å². The van der Waals surface area contributed by atoms with E-state index < -0.39 is 11.4 Å². The maximum Gasteiger partial charge on any atom is 0.231 e. The third-order valence-electron chi connectivity index (χ3n) is 5.33. The average Bonchev–Trinajstić information content (AvgIpc) is 3.52. The maximum absolute atomic E-state index is 12.5. The summed E-state index contributed by atoms with van der Waals surface area (Å²) in [6, 6.07) is 7.68. The number of aryl methyl sites for hydroxylation is 1. The molecule has 3 N–H and O–H groups in total. The summed E-state index contributed by atoms with van der Waals surface area (Å²) < 4.78 is 34.3. The molecule has 0 saturated carbocycles. The van der Waals surface area contributed by atoms with Crippen LogP contribution in [0.1, 0.15) is 26.5 Å². The lowest BCUT2D eigenvalue weighted by molar-refractivity contribution is 0.174. The predicted octanol–water partition coefficient (Wildman–Crippen LogP) is 3.91. The van der Waals surface area contributed by atoms with Crippen LogP contribution in [0.4, 0.5) is 5.82 Å². The second-order valence-corrected chi connectivity index (χ2v) is 12.0. The van der Waals surface area contributed by atoms with Gasteiger partial charge in [0.05, 0.1) is 6.54 Å². The van der Waals surface area contributed by atoms with Gasteiger partial charge in [-0.2, -0.15) is 0 Å². The van der Waals surface area contributed by atoms with Crippen molar-refractivity contribution in [3.63, 3.8) is 0 Å². The van der Waals surface area contributed by atoms with Crippen LogP contribution in [0.5, 0.6) is 11.5 Å². The molecule has 0 bridgehead atoms. The smallest absolute Gasteiger partial charge is 0.231 e. The van der Waals surface area contributed by atoms with Crippen molar-refractivity contribution in [2.24, 2.45) is 0 Å². The van der Waals surface area contributed by atoms with Crippen LogP contribution in [-0.2, 0) is 17.9 Å². The molecule has 0 spiro atoms. The Kier molecular flexibility index (Phi) is 6.30. The number of imidazole rings is 1. The lowest BCUT2D eigenvalue weighted by atomic mass is 10.1. The fourth-order valence-electron chi connectivity index (χ4n) is 3.56. The van der Waals surface area contributed by atoms with Crippen LogP contribution in [0.25, 0.3) is 22.5 Å². The number of hydrogen-bond donors (Lipinski definition) is 2. The van der Waals surface area contributed by atoms with E-state index in [4.69, 9.17) is 24.6 Å². The molecule has 0 fully saturated rings. The molecule has 3 aromatic heterocycles. The van der Waals surface area contributed by atoms with Gasteiger partial charge in [-0.05, 0) is 52.0 Å². The zero-order chi connectivity index (χ0) is 24.7. The first-order valence-corrected chi connectivity index (χ1v) is 13.0. The van der Waals surface area contributed by atoms with Gasteiger partial charge in [-0.3, -0.25) is 0 Å². The van der Waals surface area contributed by atoms with E-state index >= 15 is 0 Å². The van der Waals surface area contributed by atoms with Crippen molar-refractivity contribution in [2.45, 2.75) is 49.0 Å². The molecule has 35 heavy (non-hydrogen) atoms. The number of fused-ring (bicyclic) bond motifs is 2. The number of nitrogens with two attached hydrogens (primary N) is 1. The number of hydrogen-bond acceptors (Lipinski definition) is 10. The van der Waals surface area contributed by atoms with Crippen molar-refractivity contribution < 1.29 is 18.4 Å². The number of anilines is 1. The van der Waals surface area contributed by atoms with Crippen LogP contribution in [0, 0.1) is 6.92 Å². The molecule has 10 nitrogen and oxygen atoms in total. The third kappa shape index (κ3) is 4.79. The molecule has 12 heteroatoms. The van der Waals surface area contributed by atoms with Gasteiger partial charge in [0.2, 0.25) is 6.79 Å². The Balaban J connectivity index is 1.53. The largest absolute Gasteiger partial charge is 0.598 e. The zero-order valence-corrected chi connectivity index (χ0v) is 21.5. The van der Waals surface area contributed by atoms with E-state index in [0.717, 1.165) is 16.2 Å². The van der Waals surface area contributed by atoms with Gasteiger partial charge in [-0.25, -0.2) is 15.0 Å². The highest BCUT2D eigenvalue weighted by Crippen LogP contribution is 2.45. The number of aromatic nitrogens is 4. The number of nitrogen functional groups attached to an aromatic ring is 1. The number of nitrogens with zero attached hydrogens (tertiary/aromatic N) is 4. The Morgan fingerprint density at radius 3 is 2.69 bits per heavy atom. The number of furan rings is 1. The molecule has 1 unspecified atom stereocenters. The van der Waals surface area contributed by atoms with E-state index in [2.05, 4.69) is 14.7 Å². The van der Waals surface area contributed by atoms with Crippen LogP contribution in [0.15, 0.2) is 45.1 Å². The van der Waals surface area contributed by atoms with E-state index in [1.54, 1.807) is 0 Å². The van der Waals surface area contributed by atoms with Gasteiger partial charge in [0.15, 0.2) is 33.6 Å². The van der Waals surface area contributed by atoms with Crippen LogP contribution >= 0.6 is 11.8 Å². The third-order valence-corrected chi connectivity index (χ3v) is 7.96. The Bertz CT molecular complexity index is 1380. The normalized spacial score (nSPS) is 14.1. The fourth-order valence-corrected chi connectivity index (χ4v) is 5.32. The van der Waals surface area contributed by atoms with Crippen molar-refractivity contribution in [3.05, 3.63) is 36.4 Å².